The Morgan fingerprint density at radius 3 is 2.44 bits per heavy atom. The second-order valence-electron chi connectivity index (χ2n) is 4.39. The van der Waals surface area contributed by atoms with E-state index in [9.17, 15) is 4.79 Å². The van der Waals surface area contributed by atoms with Crippen LogP contribution in [-0.4, -0.2) is 30.3 Å². The minimum Gasteiger partial charge on any atom is -0.479 e. The van der Waals surface area contributed by atoms with E-state index in [2.05, 4.69) is 12.2 Å². The van der Waals surface area contributed by atoms with Gasteiger partial charge in [-0.2, -0.15) is 0 Å². The molecule has 0 amide bonds. The number of rotatable bonds is 7. The van der Waals surface area contributed by atoms with Gasteiger partial charge in [0.2, 0.25) is 0 Å². The lowest BCUT2D eigenvalue weighted by Gasteiger charge is -2.14. The molecule has 0 heterocycles. The Hall–Kier alpha value is -1.55. The van der Waals surface area contributed by atoms with Gasteiger partial charge in [-0.05, 0) is 44.5 Å². The van der Waals surface area contributed by atoms with Crippen molar-refractivity contribution in [2.75, 3.05) is 7.05 Å². The number of benzene rings is 1. The van der Waals surface area contributed by atoms with Crippen molar-refractivity contribution >= 4 is 5.97 Å². The first-order valence-corrected chi connectivity index (χ1v) is 6.22. The summed E-state index contributed by atoms with van der Waals surface area (Å²) < 4.78 is 5.40. The number of carboxylic acid groups (broad SMARTS) is 1. The van der Waals surface area contributed by atoms with Crippen molar-refractivity contribution in [2.45, 2.75) is 38.8 Å². The van der Waals surface area contributed by atoms with Crippen LogP contribution in [0, 0.1) is 0 Å². The van der Waals surface area contributed by atoms with Gasteiger partial charge in [0.25, 0.3) is 0 Å². The highest BCUT2D eigenvalue weighted by molar-refractivity contribution is 5.72. The molecule has 2 atom stereocenters. The molecule has 1 aromatic rings. The minimum absolute atomic E-state index is 0.416. The number of ether oxygens (including phenoxy) is 1. The van der Waals surface area contributed by atoms with E-state index in [-0.39, 0.29) is 0 Å². The lowest BCUT2D eigenvalue weighted by Crippen LogP contribution is -2.26. The fourth-order valence-corrected chi connectivity index (χ4v) is 1.63. The summed E-state index contributed by atoms with van der Waals surface area (Å²) >= 11 is 0. The van der Waals surface area contributed by atoms with Crippen molar-refractivity contribution in [1.29, 1.82) is 0 Å². The Morgan fingerprint density at radius 2 is 2.00 bits per heavy atom. The fraction of sp³-hybridized carbons (Fsp3) is 0.500. The maximum atomic E-state index is 10.9. The molecule has 4 heteroatoms. The molecular weight excluding hydrogens is 230 g/mol. The molecule has 2 unspecified atom stereocenters. The fourth-order valence-electron chi connectivity index (χ4n) is 1.63. The van der Waals surface area contributed by atoms with Gasteiger partial charge in [-0.15, -0.1) is 0 Å². The van der Waals surface area contributed by atoms with Crippen LogP contribution >= 0.6 is 0 Å². The first-order chi connectivity index (χ1) is 8.56. The van der Waals surface area contributed by atoms with Crippen molar-refractivity contribution in [1.82, 2.24) is 5.32 Å². The van der Waals surface area contributed by atoms with Gasteiger partial charge < -0.3 is 15.2 Å². The SMILES string of the molecule is CCC(Oc1ccc(CC(C)NC)cc1)C(=O)O. The number of nitrogens with one attached hydrogen (secondary N) is 1. The topological polar surface area (TPSA) is 58.6 Å². The Labute approximate surface area is 108 Å². The van der Waals surface area contributed by atoms with Crippen molar-refractivity contribution in [3.63, 3.8) is 0 Å². The van der Waals surface area contributed by atoms with E-state index < -0.39 is 12.1 Å². The highest BCUT2D eigenvalue weighted by Crippen LogP contribution is 2.16. The van der Waals surface area contributed by atoms with Crippen molar-refractivity contribution in [2.24, 2.45) is 0 Å². The van der Waals surface area contributed by atoms with Gasteiger partial charge in [0.1, 0.15) is 5.75 Å². The summed E-state index contributed by atoms with van der Waals surface area (Å²) in [4.78, 5) is 10.9. The molecule has 0 radical (unpaired) electrons. The molecule has 4 nitrogen and oxygen atoms in total. The first-order valence-electron chi connectivity index (χ1n) is 6.22. The maximum absolute atomic E-state index is 10.9. The average molecular weight is 251 g/mol. The molecule has 0 aromatic heterocycles. The van der Waals surface area contributed by atoms with Gasteiger partial charge >= 0.3 is 5.97 Å². The van der Waals surface area contributed by atoms with E-state index in [4.69, 9.17) is 9.84 Å². The van der Waals surface area contributed by atoms with E-state index >= 15 is 0 Å². The van der Waals surface area contributed by atoms with Crippen LogP contribution in [-0.2, 0) is 11.2 Å². The van der Waals surface area contributed by atoms with Crippen LogP contribution < -0.4 is 10.1 Å². The number of aliphatic carboxylic acids is 1. The van der Waals surface area contributed by atoms with Crippen LogP contribution in [0.3, 0.4) is 0 Å². The lowest BCUT2D eigenvalue weighted by atomic mass is 10.1. The molecule has 0 aliphatic rings. The number of carbonyl (C=O) groups is 1. The number of hydrogen-bond acceptors (Lipinski definition) is 3. The molecule has 2 N–H and O–H groups in total. The van der Waals surface area contributed by atoms with Crippen molar-refractivity contribution < 1.29 is 14.6 Å². The second kappa shape index (κ2) is 7.01. The van der Waals surface area contributed by atoms with Crippen LogP contribution in [0.25, 0.3) is 0 Å². The molecule has 0 fully saturated rings. The average Bonchev–Trinajstić information content (AvgIpc) is 2.37. The number of carboxylic acids is 1. The molecule has 1 rings (SSSR count). The summed E-state index contributed by atoms with van der Waals surface area (Å²) in [7, 11) is 1.93. The van der Waals surface area contributed by atoms with Crippen LogP contribution in [0.1, 0.15) is 25.8 Å². The Bertz CT molecular complexity index is 375. The largest absolute Gasteiger partial charge is 0.479 e. The minimum atomic E-state index is -0.926. The zero-order valence-electron chi connectivity index (χ0n) is 11.1. The van der Waals surface area contributed by atoms with Gasteiger partial charge in [0.15, 0.2) is 6.10 Å². The smallest absolute Gasteiger partial charge is 0.344 e. The normalized spacial score (nSPS) is 13.9. The summed E-state index contributed by atoms with van der Waals surface area (Å²) in [6.45, 7) is 3.91. The molecule has 100 valence electrons. The summed E-state index contributed by atoms with van der Waals surface area (Å²) in [5.74, 6) is -0.324. The van der Waals surface area contributed by atoms with Gasteiger partial charge in [-0.3, -0.25) is 0 Å². The quantitative estimate of drug-likeness (QED) is 0.779. The molecule has 0 saturated carbocycles. The van der Waals surface area contributed by atoms with Crippen LogP contribution in [0.5, 0.6) is 5.75 Å². The predicted octanol–water partition coefficient (Wildman–Crippen LogP) is 2.08. The van der Waals surface area contributed by atoms with E-state index in [1.54, 1.807) is 6.92 Å². The standard InChI is InChI=1S/C14H21NO3/c1-4-13(14(16)17)18-12-7-5-11(6-8-12)9-10(2)15-3/h5-8,10,13,15H,4,9H2,1-3H3,(H,16,17). The molecule has 0 aliphatic heterocycles. The predicted molar refractivity (Wildman–Crippen MR) is 71.0 cm³/mol. The van der Waals surface area contributed by atoms with E-state index in [1.807, 2.05) is 31.3 Å². The lowest BCUT2D eigenvalue weighted by molar-refractivity contribution is -0.145. The molecule has 0 spiro atoms. The van der Waals surface area contributed by atoms with Crippen molar-refractivity contribution in [3.8, 4) is 5.75 Å². The summed E-state index contributed by atoms with van der Waals surface area (Å²) in [6, 6.07) is 8.00. The zero-order chi connectivity index (χ0) is 13.5. The van der Waals surface area contributed by atoms with Crippen molar-refractivity contribution in [3.05, 3.63) is 29.8 Å². The highest BCUT2D eigenvalue weighted by Gasteiger charge is 2.16. The Morgan fingerprint density at radius 1 is 1.39 bits per heavy atom. The Kier molecular flexibility index (Phi) is 5.65. The molecule has 0 aliphatic carbocycles. The Balaban J connectivity index is 2.62. The third-order valence-electron chi connectivity index (χ3n) is 2.88. The van der Waals surface area contributed by atoms with Gasteiger partial charge in [-0.25, -0.2) is 4.79 Å². The summed E-state index contributed by atoms with van der Waals surface area (Å²) in [5, 5.41) is 12.1. The van der Waals surface area contributed by atoms with Gasteiger partial charge in [-0.1, -0.05) is 19.1 Å². The summed E-state index contributed by atoms with van der Waals surface area (Å²) in [5.41, 5.74) is 1.20. The first kappa shape index (κ1) is 14.5. The molecule has 0 saturated heterocycles. The third-order valence-corrected chi connectivity index (χ3v) is 2.88. The van der Waals surface area contributed by atoms with E-state index in [0.29, 0.717) is 18.2 Å². The molecular formula is C14H21NO3. The molecule has 1 aromatic carbocycles. The monoisotopic (exact) mass is 251 g/mol. The molecule has 0 bridgehead atoms. The number of likely N-dealkylation sites (N-methyl/N-ethyl adjacent to an activating group) is 1. The van der Waals surface area contributed by atoms with Gasteiger partial charge in [0, 0.05) is 6.04 Å². The van der Waals surface area contributed by atoms with E-state index in [1.165, 1.54) is 5.56 Å². The number of hydrogen-bond donors (Lipinski definition) is 2. The van der Waals surface area contributed by atoms with Gasteiger partial charge in [0.05, 0.1) is 0 Å². The second-order valence-corrected chi connectivity index (χ2v) is 4.39. The van der Waals surface area contributed by atoms with Crippen LogP contribution in [0.4, 0.5) is 0 Å². The highest BCUT2D eigenvalue weighted by atomic mass is 16.5. The maximum Gasteiger partial charge on any atom is 0.344 e. The third kappa shape index (κ3) is 4.37. The zero-order valence-corrected chi connectivity index (χ0v) is 11.1. The van der Waals surface area contributed by atoms with Crippen LogP contribution in [0.15, 0.2) is 24.3 Å². The molecule has 18 heavy (non-hydrogen) atoms. The van der Waals surface area contributed by atoms with Crippen LogP contribution in [0.2, 0.25) is 0 Å². The summed E-state index contributed by atoms with van der Waals surface area (Å²) in [6.07, 6.45) is 0.618. The van der Waals surface area contributed by atoms with E-state index in [0.717, 1.165) is 6.42 Å².